The van der Waals surface area contributed by atoms with E-state index < -0.39 is 10.0 Å². The summed E-state index contributed by atoms with van der Waals surface area (Å²) in [6, 6.07) is -0.255. The lowest BCUT2D eigenvalue weighted by Crippen LogP contribution is -2.41. The predicted octanol–water partition coefficient (Wildman–Crippen LogP) is 1.46. The van der Waals surface area contributed by atoms with Crippen molar-refractivity contribution in [3.63, 3.8) is 0 Å². The second kappa shape index (κ2) is 6.48. The van der Waals surface area contributed by atoms with Crippen LogP contribution in [0.25, 0.3) is 0 Å². The summed E-state index contributed by atoms with van der Waals surface area (Å²) in [6.45, 7) is 6.45. The average Bonchev–Trinajstić information content (AvgIpc) is 2.98. The van der Waals surface area contributed by atoms with Gasteiger partial charge in [-0.25, -0.2) is 13.1 Å². The fraction of sp³-hybridized carbons (Fsp3) is 0.714. The molecule has 0 amide bonds. The van der Waals surface area contributed by atoms with Crippen LogP contribution in [0.3, 0.4) is 0 Å². The highest BCUT2D eigenvalue weighted by Gasteiger charge is 2.31. The molecule has 0 spiro atoms. The van der Waals surface area contributed by atoms with Crippen LogP contribution in [-0.2, 0) is 21.3 Å². The van der Waals surface area contributed by atoms with Gasteiger partial charge in [0.2, 0.25) is 10.0 Å². The molecular weight excluding hydrogens is 292 g/mol. The summed E-state index contributed by atoms with van der Waals surface area (Å²) >= 11 is 0. The third-order valence-corrected chi connectivity index (χ3v) is 5.56. The van der Waals surface area contributed by atoms with Crippen LogP contribution in [0.2, 0.25) is 0 Å². The van der Waals surface area contributed by atoms with Gasteiger partial charge in [-0.05, 0) is 40.7 Å². The highest BCUT2D eigenvalue weighted by Crippen LogP contribution is 2.27. The van der Waals surface area contributed by atoms with Crippen LogP contribution in [0, 0.1) is 13.8 Å². The Hall–Kier alpha value is -0.890. The van der Waals surface area contributed by atoms with Crippen LogP contribution in [0.15, 0.2) is 9.31 Å². The third-order valence-electron chi connectivity index (χ3n) is 3.81. The van der Waals surface area contributed by atoms with Crippen molar-refractivity contribution in [2.24, 2.45) is 0 Å². The minimum Gasteiger partial charge on any atom is -0.465 e. The van der Waals surface area contributed by atoms with E-state index in [1.807, 2.05) is 6.92 Å². The van der Waals surface area contributed by atoms with Gasteiger partial charge < -0.3 is 14.5 Å². The molecule has 2 rings (SSSR count). The molecule has 2 N–H and O–H groups in total. The summed E-state index contributed by atoms with van der Waals surface area (Å²) in [7, 11) is -1.85. The van der Waals surface area contributed by atoms with Crippen molar-refractivity contribution in [2.75, 3.05) is 13.7 Å². The normalized spacial score (nSPS) is 20.9. The molecule has 1 aromatic rings. The fourth-order valence-corrected chi connectivity index (χ4v) is 4.54. The van der Waals surface area contributed by atoms with E-state index >= 15 is 0 Å². The van der Waals surface area contributed by atoms with Crippen molar-refractivity contribution >= 4 is 10.0 Å². The average molecular weight is 316 g/mol. The molecule has 0 saturated carbocycles. The first-order valence-corrected chi connectivity index (χ1v) is 8.72. The molecule has 21 heavy (non-hydrogen) atoms. The minimum absolute atomic E-state index is 0.0548. The number of nitrogens with one attached hydrogen (secondary N) is 2. The van der Waals surface area contributed by atoms with Crippen LogP contribution < -0.4 is 10.0 Å². The van der Waals surface area contributed by atoms with Crippen molar-refractivity contribution in [2.45, 2.75) is 57.2 Å². The Labute approximate surface area is 126 Å². The molecule has 1 fully saturated rings. The second-order valence-electron chi connectivity index (χ2n) is 5.51. The lowest BCUT2D eigenvalue weighted by atomic mass is 10.1. The van der Waals surface area contributed by atoms with E-state index in [9.17, 15) is 8.42 Å². The molecule has 0 aliphatic carbocycles. The molecule has 0 aromatic carbocycles. The van der Waals surface area contributed by atoms with Crippen LogP contribution >= 0.6 is 0 Å². The van der Waals surface area contributed by atoms with Crippen molar-refractivity contribution in [1.82, 2.24) is 10.0 Å². The Balaban J connectivity index is 2.26. The molecule has 0 radical (unpaired) electrons. The van der Waals surface area contributed by atoms with Crippen molar-refractivity contribution < 1.29 is 17.6 Å². The van der Waals surface area contributed by atoms with Gasteiger partial charge in [-0.15, -0.1) is 0 Å². The lowest BCUT2D eigenvalue weighted by molar-refractivity contribution is 0.0902. The lowest BCUT2D eigenvalue weighted by Gasteiger charge is -2.20. The summed E-state index contributed by atoms with van der Waals surface area (Å²) < 4.78 is 39.1. The Morgan fingerprint density at radius 1 is 1.33 bits per heavy atom. The molecule has 120 valence electrons. The molecular formula is C14H24N2O4S. The Morgan fingerprint density at radius 2 is 2.05 bits per heavy atom. The highest BCUT2D eigenvalue weighted by atomic mass is 32.2. The fourth-order valence-electron chi connectivity index (χ4n) is 2.82. The first-order chi connectivity index (χ1) is 9.86. The Kier molecular flexibility index (Phi) is 5.08. The van der Waals surface area contributed by atoms with E-state index in [-0.39, 0.29) is 17.0 Å². The number of hydrogen-bond donors (Lipinski definition) is 2. The van der Waals surface area contributed by atoms with Gasteiger partial charge in [-0.3, -0.25) is 0 Å². The molecule has 7 heteroatoms. The number of aryl methyl sites for hydroxylation is 2. The Morgan fingerprint density at radius 3 is 2.62 bits per heavy atom. The maximum absolute atomic E-state index is 12.7. The number of ether oxygens (including phenoxy) is 1. The standard InChI is InChI=1S/C14H24N2O4S/c1-9(13-6-5-7-19-13)16-21(17,18)14-11(3)20-10(2)12(14)8-15-4/h9,13,15-16H,5-8H2,1-4H3. The van der Waals surface area contributed by atoms with Gasteiger partial charge in [0, 0.05) is 24.8 Å². The quantitative estimate of drug-likeness (QED) is 0.830. The largest absolute Gasteiger partial charge is 0.465 e. The predicted molar refractivity (Wildman–Crippen MR) is 79.7 cm³/mol. The minimum atomic E-state index is -3.62. The molecule has 2 atom stereocenters. The SMILES string of the molecule is CNCc1c(C)oc(C)c1S(=O)(=O)NC(C)C1CCCO1. The van der Waals surface area contributed by atoms with E-state index in [0.717, 1.165) is 12.8 Å². The molecule has 6 nitrogen and oxygen atoms in total. The number of hydrogen-bond acceptors (Lipinski definition) is 5. The van der Waals surface area contributed by atoms with Crippen molar-refractivity contribution in [1.29, 1.82) is 0 Å². The number of furan rings is 1. The first kappa shape index (κ1) is 16.5. The summed E-state index contributed by atoms with van der Waals surface area (Å²) in [5.41, 5.74) is 0.682. The van der Waals surface area contributed by atoms with E-state index in [1.165, 1.54) is 0 Å². The second-order valence-corrected chi connectivity index (χ2v) is 7.16. The molecule has 1 aromatic heterocycles. The molecule has 1 saturated heterocycles. The summed E-state index contributed by atoms with van der Waals surface area (Å²) in [4.78, 5) is 0.249. The van der Waals surface area contributed by atoms with Gasteiger partial charge in [0.05, 0.1) is 6.10 Å². The summed E-state index contributed by atoms with van der Waals surface area (Å²) in [6.07, 6.45) is 1.81. The van der Waals surface area contributed by atoms with E-state index in [0.29, 0.717) is 30.2 Å². The monoisotopic (exact) mass is 316 g/mol. The number of rotatable bonds is 6. The molecule has 2 heterocycles. The maximum atomic E-state index is 12.7. The van der Waals surface area contributed by atoms with Crippen molar-refractivity contribution in [3.8, 4) is 0 Å². The summed E-state index contributed by atoms with van der Waals surface area (Å²) in [5.74, 6) is 1.05. The highest BCUT2D eigenvalue weighted by molar-refractivity contribution is 7.89. The van der Waals surface area contributed by atoms with Crippen LogP contribution in [-0.4, -0.2) is 34.2 Å². The van der Waals surface area contributed by atoms with Gasteiger partial charge in [0.1, 0.15) is 16.4 Å². The van der Waals surface area contributed by atoms with E-state index in [1.54, 1.807) is 20.9 Å². The smallest absolute Gasteiger partial charge is 0.244 e. The molecule has 0 bridgehead atoms. The van der Waals surface area contributed by atoms with Gasteiger partial charge in [0.15, 0.2) is 0 Å². The zero-order valence-corrected chi connectivity index (χ0v) is 13.8. The zero-order chi connectivity index (χ0) is 15.6. The zero-order valence-electron chi connectivity index (χ0n) is 13.0. The topological polar surface area (TPSA) is 80.6 Å². The first-order valence-electron chi connectivity index (χ1n) is 7.24. The van der Waals surface area contributed by atoms with Gasteiger partial charge >= 0.3 is 0 Å². The number of sulfonamides is 1. The van der Waals surface area contributed by atoms with E-state index in [2.05, 4.69) is 10.0 Å². The Bertz CT molecular complexity index is 588. The van der Waals surface area contributed by atoms with Gasteiger partial charge in [-0.2, -0.15) is 0 Å². The molecule has 1 aliphatic heterocycles. The van der Waals surface area contributed by atoms with Gasteiger partial charge in [0.25, 0.3) is 0 Å². The van der Waals surface area contributed by atoms with Crippen LogP contribution in [0.1, 0.15) is 36.8 Å². The van der Waals surface area contributed by atoms with Crippen LogP contribution in [0.5, 0.6) is 0 Å². The molecule has 1 aliphatic rings. The molecule has 2 unspecified atom stereocenters. The van der Waals surface area contributed by atoms with Gasteiger partial charge in [-0.1, -0.05) is 0 Å². The van der Waals surface area contributed by atoms with E-state index in [4.69, 9.17) is 9.15 Å². The summed E-state index contributed by atoms with van der Waals surface area (Å²) in [5, 5.41) is 2.98. The van der Waals surface area contributed by atoms with Crippen LogP contribution in [0.4, 0.5) is 0 Å². The maximum Gasteiger partial charge on any atom is 0.244 e. The van der Waals surface area contributed by atoms with Crippen molar-refractivity contribution in [3.05, 3.63) is 17.1 Å². The third kappa shape index (κ3) is 3.48.